The Bertz CT molecular complexity index is 616. The fourth-order valence-corrected chi connectivity index (χ4v) is 4.12. The van der Waals surface area contributed by atoms with Gasteiger partial charge in [-0.15, -0.1) is 0 Å². The Hall–Kier alpha value is -1.64. The number of aliphatic hydroxyl groups is 1. The standard InChI is InChI=1S/C20H28O3/c1-4-5-6-7-13-10-17(22)19-15-12-14(21)8-9-16(15)20(2,3)23-18(19)11-13/h10-12,15-16,21-22H,4-9H2,1-3H3/t15?,16-/m1/s1. The van der Waals surface area contributed by atoms with Crippen molar-refractivity contribution in [2.45, 2.75) is 70.8 Å². The summed E-state index contributed by atoms with van der Waals surface area (Å²) in [5.74, 6) is 1.84. The highest BCUT2D eigenvalue weighted by Gasteiger charge is 2.45. The molecule has 0 radical (unpaired) electrons. The molecule has 0 spiro atoms. The normalized spacial score (nSPS) is 25.1. The summed E-state index contributed by atoms with van der Waals surface area (Å²) >= 11 is 0. The van der Waals surface area contributed by atoms with Gasteiger partial charge in [0.25, 0.3) is 0 Å². The molecule has 0 saturated carbocycles. The predicted molar refractivity (Wildman–Crippen MR) is 92.2 cm³/mol. The van der Waals surface area contributed by atoms with E-state index in [0.29, 0.717) is 17.9 Å². The van der Waals surface area contributed by atoms with E-state index in [0.717, 1.165) is 36.1 Å². The van der Waals surface area contributed by atoms with Gasteiger partial charge in [-0.2, -0.15) is 0 Å². The van der Waals surface area contributed by atoms with Gasteiger partial charge in [-0.05, 0) is 56.9 Å². The summed E-state index contributed by atoms with van der Waals surface area (Å²) < 4.78 is 6.28. The second kappa shape index (κ2) is 6.10. The van der Waals surface area contributed by atoms with Gasteiger partial charge in [0.15, 0.2) is 0 Å². The van der Waals surface area contributed by atoms with Crippen LogP contribution in [-0.4, -0.2) is 15.8 Å². The Morgan fingerprint density at radius 2 is 2.00 bits per heavy atom. The van der Waals surface area contributed by atoms with Crippen LogP contribution in [0.4, 0.5) is 0 Å². The van der Waals surface area contributed by atoms with Crippen LogP contribution in [0.2, 0.25) is 0 Å². The van der Waals surface area contributed by atoms with E-state index in [9.17, 15) is 10.2 Å². The number of unbranched alkanes of at least 4 members (excludes halogenated alkanes) is 2. The van der Waals surface area contributed by atoms with Gasteiger partial charge in [-0.1, -0.05) is 19.8 Å². The number of rotatable bonds is 4. The number of ether oxygens (including phenoxy) is 1. The Labute approximate surface area is 139 Å². The summed E-state index contributed by atoms with van der Waals surface area (Å²) in [4.78, 5) is 0. The lowest BCUT2D eigenvalue weighted by molar-refractivity contribution is 0.00801. The Balaban J connectivity index is 1.99. The molecule has 2 atom stereocenters. The molecule has 2 aliphatic rings. The van der Waals surface area contributed by atoms with E-state index in [1.165, 1.54) is 12.8 Å². The van der Waals surface area contributed by atoms with Crippen molar-refractivity contribution in [3.8, 4) is 11.5 Å². The molecule has 1 aromatic carbocycles. The maximum Gasteiger partial charge on any atom is 0.127 e. The molecule has 3 nitrogen and oxygen atoms in total. The van der Waals surface area contributed by atoms with Gasteiger partial charge in [0.1, 0.15) is 17.1 Å². The van der Waals surface area contributed by atoms with Gasteiger partial charge in [0.05, 0.1) is 5.76 Å². The quantitative estimate of drug-likeness (QED) is 0.748. The van der Waals surface area contributed by atoms with Crippen molar-refractivity contribution in [1.29, 1.82) is 0 Å². The average molecular weight is 316 g/mol. The lowest BCUT2D eigenvalue weighted by Gasteiger charge is -2.46. The van der Waals surface area contributed by atoms with Crippen molar-refractivity contribution < 1.29 is 14.9 Å². The number of aryl methyl sites for hydroxylation is 1. The molecule has 1 aliphatic carbocycles. The fourth-order valence-electron chi connectivity index (χ4n) is 4.12. The molecule has 3 heteroatoms. The zero-order chi connectivity index (χ0) is 16.6. The van der Waals surface area contributed by atoms with Crippen LogP contribution in [0.15, 0.2) is 24.0 Å². The number of allylic oxidation sites excluding steroid dienone is 2. The molecule has 23 heavy (non-hydrogen) atoms. The van der Waals surface area contributed by atoms with Gasteiger partial charge in [-0.3, -0.25) is 0 Å². The maximum atomic E-state index is 10.6. The smallest absolute Gasteiger partial charge is 0.127 e. The van der Waals surface area contributed by atoms with Crippen LogP contribution in [0, 0.1) is 5.92 Å². The van der Waals surface area contributed by atoms with Gasteiger partial charge < -0.3 is 14.9 Å². The molecule has 0 fully saturated rings. The van der Waals surface area contributed by atoms with E-state index in [1.807, 2.05) is 12.1 Å². The molecular formula is C20H28O3. The number of benzene rings is 1. The Morgan fingerprint density at radius 3 is 2.74 bits per heavy atom. The summed E-state index contributed by atoms with van der Waals surface area (Å²) in [6.07, 6.45) is 7.97. The minimum Gasteiger partial charge on any atom is -0.513 e. The SMILES string of the molecule is CCCCCc1cc(O)c2c(c1)OC(C)(C)[C@@H]1CCC(O)=CC21. The molecular weight excluding hydrogens is 288 g/mol. The van der Waals surface area contributed by atoms with Crippen LogP contribution in [0.3, 0.4) is 0 Å². The summed E-state index contributed by atoms with van der Waals surface area (Å²) in [6.45, 7) is 6.42. The monoisotopic (exact) mass is 316 g/mol. The van der Waals surface area contributed by atoms with E-state index in [4.69, 9.17) is 4.74 Å². The molecule has 0 aromatic heterocycles. The van der Waals surface area contributed by atoms with Crippen LogP contribution < -0.4 is 4.74 Å². The lowest BCUT2D eigenvalue weighted by Crippen LogP contribution is -2.45. The van der Waals surface area contributed by atoms with E-state index in [-0.39, 0.29) is 17.4 Å². The number of aromatic hydroxyl groups is 1. The first-order chi connectivity index (χ1) is 10.9. The number of aliphatic hydroxyl groups excluding tert-OH is 1. The lowest BCUT2D eigenvalue weighted by atomic mass is 9.69. The van der Waals surface area contributed by atoms with E-state index < -0.39 is 0 Å². The maximum absolute atomic E-state index is 10.6. The van der Waals surface area contributed by atoms with Crippen molar-refractivity contribution in [2.75, 3.05) is 0 Å². The van der Waals surface area contributed by atoms with Crippen molar-refractivity contribution in [2.24, 2.45) is 5.92 Å². The van der Waals surface area contributed by atoms with E-state index >= 15 is 0 Å². The topological polar surface area (TPSA) is 49.7 Å². The zero-order valence-corrected chi connectivity index (χ0v) is 14.4. The number of phenols is 1. The molecule has 126 valence electrons. The van der Waals surface area contributed by atoms with Crippen molar-refractivity contribution in [3.05, 3.63) is 35.1 Å². The van der Waals surface area contributed by atoms with Gasteiger partial charge in [0.2, 0.25) is 0 Å². The summed E-state index contributed by atoms with van der Waals surface area (Å²) in [5, 5.41) is 20.6. The van der Waals surface area contributed by atoms with E-state index in [1.54, 1.807) is 0 Å². The van der Waals surface area contributed by atoms with Gasteiger partial charge in [-0.25, -0.2) is 0 Å². The van der Waals surface area contributed by atoms with Crippen LogP contribution in [-0.2, 0) is 6.42 Å². The third-order valence-electron chi connectivity index (χ3n) is 5.37. The second-order valence-electron chi connectivity index (χ2n) is 7.52. The summed E-state index contributed by atoms with van der Waals surface area (Å²) in [7, 11) is 0. The molecule has 3 rings (SSSR count). The predicted octanol–water partition coefficient (Wildman–Crippen LogP) is 5.23. The van der Waals surface area contributed by atoms with Crippen molar-refractivity contribution in [1.82, 2.24) is 0 Å². The van der Waals surface area contributed by atoms with Crippen molar-refractivity contribution >= 4 is 0 Å². The highest BCUT2D eigenvalue weighted by Crippen LogP contribution is 2.53. The van der Waals surface area contributed by atoms with Crippen LogP contribution in [0.1, 0.15) is 69.9 Å². The fraction of sp³-hybridized carbons (Fsp3) is 0.600. The van der Waals surface area contributed by atoms with Gasteiger partial charge in [0, 0.05) is 23.8 Å². The molecule has 0 bridgehead atoms. The third-order valence-corrected chi connectivity index (χ3v) is 5.37. The number of fused-ring (bicyclic) bond motifs is 3. The summed E-state index contributed by atoms with van der Waals surface area (Å²) in [5.41, 5.74) is 1.69. The third kappa shape index (κ3) is 3.06. The van der Waals surface area contributed by atoms with Crippen molar-refractivity contribution in [3.63, 3.8) is 0 Å². The molecule has 2 N–H and O–H groups in total. The first-order valence-electron chi connectivity index (χ1n) is 8.87. The Kier molecular flexibility index (Phi) is 4.31. The first kappa shape index (κ1) is 16.2. The Morgan fingerprint density at radius 1 is 1.22 bits per heavy atom. The average Bonchev–Trinajstić information content (AvgIpc) is 2.46. The van der Waals surface area contributed by atoms with Crippen LogP contribution >= 0.6 is 0 Å². The minimum atomic E-state index is -0.288. The number of hydrogen-bond acceptors (Lipinski definition) is 3. The minimum absolute atomic E-state index is 0.0344. The summed E-state index contributed by atoms with van der Waals surface area (Å²) in [6, 6.07) is 3.97. The first-order valence-corrected chi connectivity index (χ1v) is 8.87. The molecule has 1 aromatic rings. The second-order valence-corrected chi connectivity index (χ2v) is 7.52. The highest BCUT2D eigenvalue weighted by molar-refractivity contribution is 5.53. The highest BCUT2D eigenvalue weighted by atomic mass is 16.5. The van der Waals surface area contributed by atoms with Crippen LogP contribution in [0.5, 0.6) is 11.5 Å². The molecule has 1 aliphatic heterocycles. The molecule has 1 heterocycles. The number of hydrogen-bond donors (Lipinski definition) is 2. The number of phenolic OH excluding ortho intramolecular Hbond substituents is 1. The largest absolute Gasteiger partial charge is 0.513 e. The molecule has 1 unspecified atom stereocenters. The van der Waals surface area contributed by atoms with Crippen LogP contribution in [0.25, 0.3) is 0 Å². The zero-order valence-electron chi connectivity index (χ0n) is 14.4. The molecule has 0 amide bonds. The van der Waals surface area contributed by atoms with E-state index in [2.05, 4.69) is 26.8 Å². The molecule has 0 saturated heterocycles. The van der Waals surface area contributed by atoms with Gasteiger partial charge >= 0.3 is 0 Å².